The number of hydrogen-bond acceptors (Lipinski definition) is 3. The first-order valence-electron chi connectivity index (χ1n) is 5.42. The van der Waals surface area contributed by atoms with Gasteiger partial charge in [0.15, 0.2) is 0 Å². The Morgan fingerprint density at radius 3 is 2.71 bits per heavy atom. The summed E-state index contributed by atoms with van der Waals surface area (Å²) in [5.74, 6) is -0.0565. The number of nitriles is 1. The van der Waals surface area contributed by atoms with E-state index >= 15 is 0 Å². The first-order chi connectivity index (χ1) is 7.99. The van der Waals surface area contributed by atoms with Gasteiger partial charge in [0.2, 0.25) is 10.0 Å². The molecule has 92 valence electrons. The van der Waals surface area contributed by atoms with E-state index in [0.29, 0.717) is 17.7 Å². The maximum atomic E-state index is 11.9. The smallest absolute Gasteiger partial charge is 0.212 e. The molecule has 5 heteroatoms. The third kappa shape index (κ3) is 3.84. The van der Waals surface area contributed by atoms with E-state index in [0.717, 1.165) is 6.42 Å². The minimum absolute atomic E-state index is 0.0565. The molecule has 1 rings (SSSR count). The quantitative estimate of drug-likeness (QED) is 0.801. The van der Waals surface area contributed by atoms with Crippen LogP contribution in [0.3, 0.4) is 0 Å². The predicted molar refractivity (Wildman–Crippen MR) is 66.7 cm³/mol. The first kappa shape index (κ1) is 13.7. The molecule has 17 heavy (non-hydrogen) atoms. The lowest BCUT2D eigenvalue weighted by Crippen LogP contribution is -2.28. The predicted octanol–water partition coefficient (Wildman–Crippen LogP) is 1.73. The van der Waals surface area contributed by atoms with E-state index in [-0.39, 0.29) is 5.75 Å². The van der Waals surface area contributed by atoms with Crippen molar-refractivity contribution in [3.05, 3.63) is 35.4 Å². The summed E-state index contributed by atoms with van der Waals surface area (Å²) in [4.78, 5) is 0. The van der Waals surface area contributed by atoms with Crippen LogP contribution >= 0.6 is 0 Å². The van der Waals surface area contributed by atoms with E-state index in [4.69, 9.17) is 5.26 Å². The van der Waals surface area contributed by atoms with E-state index in [1.165, 1.54) is 4.31 Å². The number of sulfonamides is 1. The van der Waals surface area contributed by atoms with Crippen LogP contribution < -0.4 is 0 Å². The first-order valence-corrected chi connectivity index (χ1v) is 7.03. The van der Waals surface area contributed by atoms with Crippen LogP contribution in [0.15, 0.2) is 24.3 Å². The summed E-state index contributed by atoms with van der Waals surface area (Å²) >= 11 is 0. The molecule has 1 aromatic rings. The van der Waals surface area contributed by atoms with E-state index in [9.17, 15) is 8.42 Å². The summed E-state index contributed by atoms with van der Waals surface area (Å²) in [5, 5.41) is 8.74. The maximum Gasteiger partial charge on any atom is 0.218 e. The molecule has 0 bridgehead atoms. The standard InChI is InChI=1S/C12H16N2O2S/c1-3-7-14(2)17(15,16)10-12-6-4-5-11(8-12)9-13/h4-6,8H,3,7,10H2,1-2H3. The minimum atomic E-state index is -3.28. The van der Waals surface area contributed by atoms with Gasteiger partial charge >= 0.3 is 0 Å². The van der Waals surface area contributed by atoms with Crippen molar-refractivity contribution in [1.29, 1.82) is 5.26 Å². The van der Waals surface area contributed by atoms with Crippen molar-refractivity contribution in [2.24, 2.45) is 0 Å². The highest BCUT2D eigenvalue weighted by molar-refractivity contribution is 7.88. The van der Waals surface area contributed by atoms with Crippen LogP contribution in [0.2, 0.25) is 0 Å². The molecule has 0 saturated heterocycles. The van der Waals surface area contributed by atoms with Crippen molar-refractivity contribution >= 4 is 10.0 Å². The van der Waals surface area contributed by atoms with Crippen LogP contribution in [-0.2, 0) is 15.8 Å². The molecule has 0 spiro atoms. The Hall–Kier alpha value is -1.38. The van der Waals surface area contributed by atoms with Gasteiger partial charge in [0, 0.05) is 13.6 Å². The number of nitrogens with zero attached hydrogens (tertiary/aromatic N) is 2. The third-order valence-corrected chi connectivity index (χ3v) is 4.25. The highest BCUT2D eigenvalue weighted by Crippen LogP contribution is 2.11. The lowest BCUT2D eigenvalue weighted by Gasteiger charge is -2.16. The molecule has 0 saturated carbocycles. The Morgan fingerprint density at radius 2 is 2.12 bits per heavy atom. The molecule has 0 radical (unpaired) electrons. The highest BCUT2D eigenvalue weighted by Gasteiger charge is 2.17. The van der Waals surface area contributed by atoms with Crippen LogP contribution in [0.1, 0.15) is 24.5 Å². The molecule has 0 aliphatic heterocycles. The summed E-state index contributed by atoms with van der Waals surface area (Å²) < 4.78 is 25.2. The second kappa shape index (κ2) is 5.80. The molecule has 0 aromatic heterocycles. The normalized spacial score (nSPS) is 11.4. The van der Waals surface area contributed by atoms with E-state index in [2.05, 4.69) is 0 Å². The summed E-state index contributed by atoms with van der Waals surface area (Å²) in [6.07, 6.45) is 0.786. The van der Waals surface area contributed by atoms with Gasteiger partial charge in [-0.3, -0.25) is 0 Å². The average Bonchev–Trinajstić information content (AvgIpc) is 2.29. The number of rotatable bonds is 5. The van der Waals surface area contributed by atoms with Crippen molar-refractivity contribution in [1.82, 2.24) is 4.31 Å². The van der Waals surface area contributed by atoms with Gasteiger partial charge in [-0.05, 0) is 24.1 Å². The molecule has 0 N–H and O–H groups in total. The van der Waals surface area contributed by atoms with Gasteiger partial charge in [0.1, 0.15) is 0 Å². The summed E-state index contributed by atoms with van der Waals surface area (Å²) in [6.45, 7) is 2.45. The Balaban J connectivity index is 2.87. The molecular weight excluding hydrogens is 236 g/mol. The van der Waals surface area contributed by atoms with Gasteiger partial charge in [-0.2, -0.15) is 5.26 Å². The zero-order chi connectivity index (χ0) is 12.9. The lowest BCUT2D eigenvalue weighted by molar-refractivity contribution is 0.467. The van der Waals surface area contributed by atoms with Crippen LogP contribution in [-0.4, -0.2) is 26.3 Å². The van der Waals surface area contributed by atoms with E-state index < -0.39 is 10.0 Å². The van der Waals surface area contributed by atoms with Gasteiger partial charge in [-0.25, -0.2) is 12.7 Å². The number of hydrogen-bond donors (Lipinski definition) is 0. The summed E-state index contributed by atoms with van der Waals surface area (Å²) in [7, 11) is -1.70. The van der Waals surface area contributed by atoms with Crippen LogP contribution in [0.4, 0.5) is 0 Å². The molecular formula is C12H16N2O2S. The van der Waals surface area contributed by atoms with Crippen molar-refractivity contribution in [3.8, 4) is 6.07 Å². The van der Waals surface area contributed by atoms with Gasteiger partial charge in [0.25, 0.3) is 0 Å². The monoisotopic (exact) mass is 252 g/mol. The van der Waals surface area contributed by atoms with Crippen molar-refractivity contribution in [2.75, 3.05) is 13.6 Å². The zero-order valence-corrected chi connectivity index (χ0v) is 10.9. The topological polar surface area (TPSA) is 61.2 Å². The van der Waals surface area contributed by atoms with Gasteiger partial charge in [-0.15, -0.1) is 0 Å². The van der Waals surface area contributed by atoms with Crippen molar-refractivity contribution in [2.45, 2.75) is 19.1 Å². The molecule has 0 fully saturated rings. The SMILES string of the molecule is CCCN(C)S(=O)(=O)Cc1cccc(C#N)c1. The molecule has 0 aliphatic carbocycles. The summed E-state index contributed by atoms with van der Waals surface area (Å²) in [5.41, 5.74) is 1.13. The Morgan fingerprint density at radius 1 is 1.41 bits per heavy atom. The molecule has 0 heterocycles. The second-order valence-corrected chi connectivity index (χ2v) is 5.97. The average molecular weight is 252 g/mol. The minimum Gasteiger partial charge on any atom is -0.212 e. The lowest BCUT2D eigenvalue weighted by atomic mass is 10.2. The zero-order valence-electron chi connectivity index (χ0n) is 10.0. The Bertz CT molecular complexity index is 518. The van der Waals surface area contributed by atoms with E-state index in [1.54, 1.807) is 31.3 Å². The largest absolute Gasteiger partial charge is 0.218 e. The Labute approximate surface area is 103 Å². The molecule has 0 unspecified atom stereocenters. The van der Waals surface area contributed by atoms with Crippen molar-refractivity contribution < 1.29 is 8.42 Å². The molecule has 0 amide bonds. The van der Waals surface area contributed by atoms with Crippen LogP contribution in [0, 0.1) is 11.3 Å². The van der Waals surface area contributed by atoms with Gasteiger partial charge < -0.3 is 0 Å². The second-order valence-electron chi connectivity index (χ2n) is 3.89. The molecule has 0 aliphatic rings. The van der Waals surface area contributed by atoms with Crippen LogP contribution in [0.5, 0.6) is 0 Å². The van der Waals surface area contributed by atoms with Crippen LogP contribution in [0.25, 0.3) is 0 Å². The fourth-order valence-corrected chi connectivity index (χ4v) is 2.79. The maximum absolute atomic E-state index is 11.9. The number of benzene rings is 1. The fourth-order valence-electron chi connectivity index (χ4n) is 1.51. The summed E-state index contributed by atoms with van der Waals surface area (Å²) in [6, 6.07) is 8.68. The molecule has 4 nitrogen and oxygen atoms in total. The Kier molecular flexibility index (Phi) is 4.67. The van der Waals surface area contributed by atoms with Gasteiger partial charge in [-0.1, -0.05) is 19.1 Å². The van der Waals surface area contributed by atoms with Gasteiger partial charge in [0.05, 0.1) is 17.4 Å². The molecule has 0 atom stereocenters. The van der Waals surface area contributed by atoms with E-state index in [1.807, 2.05) is 13.0 Å². The van der Waals surface area contributed by atoms with Crippen molar-refractivity contribution in [3.63, 3.8) is 0 Å². The highest BCUT2D eigenvalue weighted by atomic mass is 32.2. The third-order valence-electron chi connectivity index (χ3n) is 2.42. The molecule has 1 aromatic carbocycles. The fraction of sp³-hybridized carbons (Fsp3) is 0.417.